The van der Waals surface area contributed by atoms with Crippen LogP contribution in [0, 0.1) is 0 Å². The van der Waals surface area contributed by atoms with Crippen LogP contribution in [0.5, 0.6) is 0 Å². The van der Waals surface area contributed by atoms with Gasteiger partial charge in [-0.05, 0) is 65.9 Å². The van der Waals surface area contributed by atoms with E-state index in [0.29, 0.717) is 34.5 Å². The third-order valence-corrected chi connectivity index (χ3v) is 5.95. The van der Waals surface area contributed by atoms with Crippen molar-refractivity contribution in [3.05, 3.63) is 100 Å². The molecule has 1 aliphatic rings. The molecule has 7 heteroatoms. The Balaban J connectivity index is 1.36. The molecule has 0 fully saturated rings. The number of fused-ring (bicyclic) bond motifs is 2. The van der Waals surface area contributed by atoms with Gasteiger partial charge in [-0.2, -0.15) is 0 Å². The van der Waals surface area contributed by atoms with Crippen LogP contribution < -0.4 is 5.32 Å². The van der Waals surface area contributed by atoms with Crippen LogP contribution in [0.15, 0.2) is 71.3 Å². The Morgan fingerprint density at radius 3 is 2.79 bits per heavy atom. The summed E-state index contributed by atoms with van der Waals surface area (Å²) in [4.78, 5) is 30.3. The van der Waals surface area contributed by atoms with Crippen LogP contribution >= 0.6 is 11.6 Å². The summed E-state index contributed by atoms with van der Waals surface area (Å²) < 4.78 is 10.9. The van der Waals surface area contributed by atoms with E-state index in [1.807, 2.05) is 54.6 Å². The third kappa shape index (κ3) is 4.58. The fraction of sp³-hybridized carbons (Fsp3) is 0.148. The molecule has 5 rings (SSSR count). The molecule has 4 aromatic rings. The minimum Gasteiger partial charge on any atom is -0.465 e. The number of rotatable bonds is 6. The van der Waals surface area contributed by atoms with Gasteiger partial charge < -0.3 is 14.5 Å². The van der Waals surface area contributed by atoms with E-state index < -0.39 is 5.97 Å². The molecule has 0 atom stereocenters. The minimum absolute atomic E-state index is 0.297. The Morgan fingerprint density at radius 2 is 1.97 bits per heavy atom. The molecule has 1 N–H and O–H groups in total. The van der Waals surface area contributed by atoms with Crippen molar-refractivity contribution in [2.45, 2.75) is 19.4 Å². The number of nitrogens with zero attached hydrogens (tertiary/aromatic N) is 1. The van der Waals surface area contributed by atoms with Gasteiger partial charge in [0.2, 0.25) is 0 Å². The van der Waals surface area contributed by atoms with Gasteiger partial charge in [-0.15, -0.1) is 0 Å². The number of hydrogen-bond donors (Lipinski definition) is 1. The molecule has 0 unspecified atom stereocenters. The van der Waals surface area contributed by atoms with Crippen molar-refractivity contribution in [2.75, 3.05) is 6.61 Å². The van der Waals surface area contributed by atoms with Gasteiger partial charge in [0, 0.05) is 17.0 Å². The molecule has 1 aliphatic carbocycles. The number of para-hydroxylation sites is 1. The summed E-state index contributed by atoms with van der Waals surface area (Å²) in [5.74, 6) is -0.188. The number of ether oxygens (including phenoxy) is 1. The number of benzene rings is 2. The molecular weight excluding hydrogens is 452 g/mol. The highest BCUT2D eigenvalue weighted by Gasteiger charge is 2.28. The van der Waals surface area contributed by atoms with E-state index in [1.165, 1.54) is 0 Å². The highest BCUT2D eigenvalue weighted by atomic mass is 35.5. The molecule has 0 spiro atoms. The van der Waals surface area contributed by atoms with Crippen LogP contribution in [0.4, 0.5) is 0 Å². The summed E-state index contributed by atoms with van der Waals surface area (Å²) in [6.07, 6.45) is 4.97. The highest BCUT2D eigenvalue weighted by molar-refractivity contribution is 6.30. The molecule has 2 heterocycles. The minimum atomic E-state index is -0.535. The van der Waals surface area contributed by atoms with Crippen molar-refractivity contribution >= 4 is 46.0 Å². The molecule has 0 saturated heterocycles. The Morgan fingerprint density at radius 1 is 1.09 bits per heavy atom. The smallest absolute Gasteiger partial charge is 0.339 e. The third-order valence-electron chi connectivity index (χ3n) is 5.72. The zero-order chi connectivity index (χ0) is 23.5. The van der Waals surface area contributed by atoms with E-state index in [2.05, 4.69) is 5.32 Å². The SMILES string of the molecule is O=C(COC(=O)c1c2c(nc3ccccc13)/C(=C/c1ccco1)CC2)NCc1cccc(Cl)c1. The molecule has 0 saturated carbocycles. The van der Waals surface area contributed by atoms with E-state index in [-0.39, 0.29) is 12.5 Å². The fourth-order valence-corrected chi connectivity index (χ4v) is 4.37. The van der Waals surface area contributed by atoms with Crippen molar-refractivity contribution in [3.8, 4) is 0 Å². The number of nitrogens with one attached hydrogen (secondary N) is 1. The molecule has 6 nitrogen and oxygen atoms in total. The van der Waals surface area contributed by atoms with Crippen LogP contribution in [-0.2, 0) is 22.5 Å². The van der Waals surface area contributed by atoms with E-state index in [0.717, 1.165) is 34.6 Å². The standard InChI is InChI=1S/C27H21ClN2O4/c28-19-6-3-5-17(13-19)15-29-24(31)16-34-27(32)25-21-8-1-2-9-23(21)30-26-18(10-11-22(25)26)14-20-7-4-12-33-20/h1-9,12-14H,10-11,15-16H2,(H,29,31)/b18-14+. The number of amides is 1. The number of halogens is 1. The normalized spacial score (nSPS) is 13.7. The monoisotopic (exact) mass is 472 g/mol. The van der Waals surface area contributed by atoms with Gasteiger partial charge in [-0.3, -0.25) is 4.79 Å². The predicted molar refractivity (Wildman–Crippen MR) is 130 cm³/mol. The molecule has 0 bridgehead atoms. The summed E-state index contributed by atoms with van der Waals surface area (Å²) >= 11 is 5.98. The summed E-state index contributed by atoms with van der Waals surface area (Å²) in [6.45, 7) is -0.0780. The van der Waals surface area contributed by atoms with Crippen molar-refractivity contribution in [2.24, 2.45) is 0 Å². The largest absolute Gasteiger partial charge is 0.465 e. The zero-order valence-corrected chi connectivity index (χ0v) is 19.0. The van der Waals surface area contributed by atoms with E-state index in [9.17, 15) is 9.59 Å². The number of carbonyl (C=O) groups is 2. The maximum Gasteiger partial charge on any atom is 0.339 e. The topological polar surface area (TPSA) is 81.4 Å². The van der Waals surface area contributed by atoms with Crippen LogP contribution in [0.25, 0.3) is 22.6 Å². The number of aromatic nitrogens is 1. The molecule has 34 heavy (non-hydrogen) atoms. The summed E-state index contributed by atoms with van der Waals surface area (Å²) in [5.41, 5.74) is 4.63. The summed E-state index contributed by atoms with van der Waals surface area (Å²) in [7, 11) is 0. The van der Waals surface area contributed by atoms with Crippen molar-refractivity contribution in [3.63, 3.8) is 0 Å². The van der Waals surface area contributed by atoms with E-state index in [4.69, 9.17) is 25.7 Å². The average Bonchev–Trinajstić information content (AvgIpc) is 3.50. The van der Waals surface area contributed by atoms with Gasteiger partial charge >= 0.3 is 5.97 Å². The first-order valence-electron chi connectivity index (χ1n) is 10.9. The lowest BCUT2D eigenvalue weighted by atomic mass is 10.0. The number of furan rings is 1. The molecule has 1 amide bonds. The van der Waals surface area contributed by atoms with Gasteiger partial charge in [-0.1, -0.05) is 41.9 Å². The van der Waals surface area contributed by atoms with Crippen molar-refractivity contribution in [1.29, 1.82) is 0 Å². The number of carbonyl (C=O) groups excluding carboxylic acids is 2. The molecule has 170 valence electrons. The van der Waals surface area contributed by atoms with Gasteiger partial charge in [-0.25, -0.2) is 9.78 Å². The predicted octanol–water partition coefficient (Wildman–Crippen LogP) is 5.44. The Kier molecular flexibility index (Phi) is 6.14. The lowest BCUT2D eigenvalue weighted by molar-refractivity contribution is -0.124. The van der Waals surface area contributed by atoms with Crippen molar-refractivity contribution in [1.82, 2.24) is 10.3 Å². The Hall–Kier alpha value is -3.90. The number of esters is 1. The first-order chi connectivity index (χ1) is 16.6. The quantitative estimate of drug-likeness (QED) is 0.378. The number of allylic oxidation sites excluding steroid dienone is 1. The first kappa shape index (κ1) is 21.9. The number of pyridine rings is 1. The Bertz CT molecular complexity index is 1410. The zero-order valence-electron chi connectivity index (χ0n) is 18.2. The summed E-state index contributed by atoms with van der Waals surface area (Å²) in [6, 6.07) is 18.4. The van der Waals surface area contributed by atoms with Gasteiger partial charge in [0.05, 0.1) is 23.0 Å². The fourth-order valence-electron chi connectivity index (χ4n) is 4.16. The summed E-state index contributed by atoms with van der Waals surface area (Å²) in [5, 5.41) is 4.05. The molecule has 0 aliphatic heterocycles. The van der Waals surface area contributed by atoms with Gasteiger partial charge in [0.25, 0.3) is 5.91 Å². The maximum atomic E-state index is 13.2. The van der Waals surface area contributed by atoms with Crippen LogP contribution in [0.1, 0.15) is 39.4 Å². The van der Waals surface area contributed by atoms with Gasteiger partial charge in [0.1, 0.15) is 5.76 Å². The molecule has 2 aromatic heterocycles. The lowest BCUT2D eigenvalue weighted by Gasteiger charge is -2.12. The second-order valence-corrected chi connectivity index (χ2v) is 8.44. The average molecular weight is 473 g/mol. The van der Waals surface area contributed by atoms with Crippen LogP contribution in [-0.4, -0.2) is 23.5 Å². The van der Waals surface area contributed by atoms with Crippen molar-refractivity contribution < 1.29 is 18.7 Å². The second kappa shape index (κ2) is 9.53. The van der Waals surface area contributed by atoms with E-state index in [1.54, 1.807) is 18.4 Å². The van der Waals surface area contributed by atoms with Crippen LogP contribution in [0.2, 0.25) is 5.02 Å². The first-order valence-corrected chi connectivity index (χ1v) is 11.3. The Labute approximate surface area is 201 Å². The number of hydrogen-bond acceptors (Lipinski definition) is 5. The highest BCUT2D eigenvalue weighted by Crippen LogP contribution is 2.37. The van der Waals surface area contributed by atoms with E-state index >= 15 is 0 Å². The molecular formula is C27H21ClN2O4. The molecule has 2 aromatic carbocycles. The van der Waals surface area contributed by atoms with Crippen LogP contribution in [0.3, 0.4) is 0 Å². The lowest BCUT2D eigenvalue weighted by Crippen LogP contribution is -2.28. The second-order valence-electron chi connectivity index (χ2n) is 8.00. The maximum absolute atomic E-state index is 13.2. The molecule has 0 radical (unpaired) electrons. The van der Waals surface area contributed by atoms with Gasteiger partial charge in [0.15, 0.2) is 6.61 Å².